The molecule has 96 valence electrons. The van der Waals surface area contributed by atoms with Gasteiger partial charge in [-0.1, -0.05) is 0 Å². The molecular formula is C14H13N3O2. The van der Waals surface area contributed by atoms with Crippen LogP contribution < -0.4 is 9.64 Å². The van der Waals surface area contributed by atoms with Crippen LogP contribution in [0.4, 0.5) is 5.69 Å². The number of anilines is 1. The molecule has 0 saturated carbocycles. The zero-order valence-electron chi connectivity index (χ0n) is 10.5. The zero-order valence-corrected chi connectivity index (χ0v) is 10.5. The number of hydrogen-bond donors (Lipinski definition) is 0. The van der Waals surface area contributed by atoms with Crippen molar-refractivity contribution in [3.05, 3.63) is 47.9 Å². The van der Waals surface area contributed by atoms with Crippen LogP contribution in [0, 0.1) is 0 Å². The van der Waals surface area contributed by atoms with Gasteiger partial charge in [0, 0.05) is 25.2 Å². The van der Waals surface area contributed by atoms with Crippen LogP contribution in [0.3, 0.4) is 0 Å². The molecular weight excluding hydrogens is 242 g/mol. The monoisotopic (exact) mass is 255 g/mol. The molecule has 0 bridgehead atoms. The van der Waals surface area contributed by atoms with Crippen LogP contribution in [0.5, 0.6) is 5.88 Å². The highest BCUT2D eigenvalue weighted by Gasteiger charge is 2.26. The zero-order chi connectivity index (χ0) is 13.2. The summed E-state index contributed by atoms with van der Waals surface area (Å²) in [6.07, 6.45) is 4.10. The van der Waals surface area contributed by atoms with Crippen molar-refractivity contribution in [3.63, 3.8) is 0 Å². The highest BCUT2D eigenvalue weighted by molar-refractivity contribution is 6.07. The average molecular weight is 255 g/mol. The lowest BCUT2D eigenvalue weighted by atomic mass is 10.0. The van der Waals surface area contributed by atoms with Crippen LogP contribution in [0.15, 0.2) is 36.7 Å². The quantitative estimate of drug-likeness (QED) is 0.819. The number of aromatic nitrogens is 2. The summed E-state index contributed by atoms with van der Waals surface area (Å²) in [5, 5.41) is 0. The van der Waals surface area contributed by atoms with Crippen molar-refractivity contribution in [2.75, 3.05) is 18.6 Å². The number of carbonyl (C=O) groups is 1. The molecule has 0 aliphatic carbocycles. The minimum atomic E-state index is -0.0376. The number of methoxy groups -OCH3 is 1. The SMILES string of the molecule is COc1ccc2c(n1)CCN(c1cccnc1)C2=O. The first-order valence-electron chi connectivity index (χ1n) is 6.05. The number of hydrogen-bond acceptors (Lipinski definition) is 4. The van der Waals surface area contributed by atoms with E-state index in [1.807, 2.05) is 12.1 Å². The first kappa shape index (κ1) is 11.6. The Bertz CT molecular complexity index is 613. The molecule has 0 fully saturated rings. The summed E-state index contributed by atoms with van der Waals surface area (Å²) in [6, 6.07) is 7.19. The third-order valence-corrected chi connectivity index (χ3v) is 3.16. The molecule has 0 saturated heterocycles. The molecule has 0 radical (unpaired) electrons. The smallest absolute Gasteiger partial charge is 0.260 e. The first-order valence-corrected chi connectivity index (χ1v) is 6.05. The van der Waals surface area contributed by atoms with Crippen LogP contribution >= 0.6 is 0 Å². The van der Waals surface area contributed by atoms with E-state index >= 15 is 0 Å². The van der Waals surface area contributed by atoms with Crippen LogP contribution in [0.25, 0.3) is 0 Å². The third kappa shape index (κ3) is 2.03. The van der Waals surface area contributed by atoms with Gasteiger partial charge in [-0.05, 0) is 18.2 Å². The fourth-order valence-corrected chi connectivity index (χ4v) is 2.20. The average Bonchev–Trinajstić information content (AvgIpc) is 2.48. The topological polar surface area (TPSA) is 55.3 Å². The number of rotatable bonds is 2. The number of nitrogens with zero attached hydrogens (tertiary/aromatic N) is 3. The molecule has 3 rings (SSSR count). The maximum absolute atomic E-state index is 12.4. The Balaban J connectivity index is 1.97. The second-order valence-electron chi connectivity index (χ2n) is 4.27. The Morgan fingerprint density at radius 3 is 2.95 bits per heavy atom. The van der Waals surface area contributed by atoms with E-state index in [1.54, 1.807) is 36.5 Å². The Labute approximate surface area is 110 Å². The second-order valence-corrected chi connectivity index (χ2v) is 4.27. The highest BCUT2D eigenvalue weighted by Crippen LogP contribution is 2.24. The minimum absolute atomic E-state index is 0.0376. The van der Waals surface area contributed by atoms with E-state index in [4.69, 9.17) is 4.74 Å². The summed E-state index contributed by atoms with van der Waals surface area (Å²) in [6.45, 7) is 0.609. The second kappa shape index (κ2) is 4.68. The summed E-state index contributed by atoms with van der Waals surface area (Å²) in [5.41, 5.74) is 2.24. The lowest BCUT2D eigenvalue weighted by molar-refractivity contribution is 0.0979. The van der Waals surface area contributed by atoms with E-state index in [0.29, 0.717) is 24.4 Å². The van der Waals surface area contributed by atoms with Gasteiger partial charge in [-0.25, -0.2) is 4.98 Å². The molecule has 5 heteroatoms. The predicted molar refractivity (Wildman–Crippen MR) is 70.4 cm³/mol. The fourth-order valence-electron chi connectivity index (χ4n) is 2.20. The summed E-state index contributed by atoms with van der Waals surface area (Å²) in [7, 11) is 1.57. The lowest BCUT2D eigenvalue weighted by Gasteiger charge is -2.27. The van der Waals surface area contributed by atoms with Crippen molar-refractivity contribution in [2.24, 2.45) is 0 Å². The van der Waals surface area contributed by atoms with Crippen LogP contribution in [0.2, 0.25) is 0 Å². The summed E-state index contributed by atoms with van der Waals surface area (Å²) in [4.78, 5) is 22.5. The van der Waals surface area contributed by atoms with Crippen molar-refractivity contribution >= 4 is 11.6 Å². The normalized spacial score (nSPS) is 14.2. The summed E-state index contributed by atoms with van der Waals surface area (Å²) >= 11 is 0. The van der Waals surface area contributed by atoms with E-state index < -0.39 is 0 Å². The van der Waals surface area contributed by atoms with Gasteiger partial charge in [0.25, 0.3) is 5.91 Å². The molecule has 0 aromatic carbocycles. The van der Waals surface area contributed by atoms with Gasteiger partial charge in [0.05, 0.1) is 30.3 Å². The third-order valence-electron chi connectivity index (χ3n) is 3.16. The molecule has 1 amide bonds. The number of pyridine rings is 2. The molecule has 0 N–H and O–H groups in total. The molecule has 2 aromatic rings. The van der Waals surface area contributed by atoms with E-state index in [0.717, 1.165) is 11.4 Å². The van der Waals surface area contributed by atoms with Gasteiger partial charge in [0.2, 0.25) is 5.88 Å². The van der Waals surface area contributed by atoms with Crippen molar-refractivity contribution in [2.45, 2.75) is 6.42 Å². The first-order chi connectivity index (χ1) is 9.29. The van der Waals surface area contributed by atoms with E-state index in [1.165, 1.54) is 0 Å². The van der Waals surface area contributed by atoms with Gasteiger partial charge in [-0.15, -0.1) is 0 Å². The number of carbonyl (C=O) groups excluding carboxylic acids is 1. The number of amides is 1. The van der Waals surface area contributed by atoms with Crippen LogP contribution in [-0.2, 0) is 6.42 Å². The summed E-state index contributed by atoms with van der Waals surface area (Å²) < 4.78 is 5.08. The van der Waals surface area contributed by atoms with E-state index in [2.05, 4.69) is 9.97 Å². The largest absolute Gasteiger partial charge is 0.481 e. The number of ether oxygens (including phenoxy) is 1. The van der Waals surface area contributed by atoms with Crippen molar-refractivity contribution in [1.82, 2.24) is 9.97 Å². The van der Waals surface area contributed by atoms with Crippen LogP contribution in [0.1, 0.15) is 16.1 Å². The van der Waals surface area contributed by atoms with Gasteiger partial charge in [0.15, 0.2) is 0 Å². The van der Waals surface area contributed by atoms with Gasteiger partial charge in [0.1, 0.15) is 0 Å². The molecule has 3 heterocycles. The van der Waals surface area contributed by atoms with Crippen molar-refractivity contribution < 1.29 is 9.53 Å². The predicted octanol–water partition coefficient (Wildman–Crippen LogP) is 1.69. The Kier molecular flexibility index (Phi) is 2.87. The summed E-state index contributed by atoms with van der Waals surface area (Å²) in [5.74, 6) is 0.505. The molecule has 5 nitrogen and oxygen atoms in total. The Hall–Kier alpha value is -2.43. The van der Waals surface area contributed by atoms with Gasteiger partial charge < -0.3 is 9.64 Å². The number of fused-ring (bicyclic) bond motifs is 1. The molecule has 0 atom stereocenters. The molecule has 0 unspecified atom stereocenters. The Morgan fingerprint density at radius 1 is 1.32 bits per heavy atom. The van der Waals surface area contributed by atoms with Crippen LogP contribution in [-0.4, -0.2) is 29.5 Å². The standard InChI is InChI=1S/C14H13N3O2/c1-19-13-5-4-11-12(16-13)6-8-17(14(11)18)10-3-2-7-15-9-10/h2-5,7,9H,6,8H2,1H3. The molecule has 1 aliphatic heterocycles. The van der Waals surface area contributed by atoms with Gasteiger partial charge >= 0.3 is 0 Å². The molecule has 0 spiro atoms. The van der Waals surface area contributed by atoms with Gasteiger partial charge in [-0.2, -0.15) is 0 Å². The molecule has 1 aliphatic rings. The maximum Gasteiger partial charge on any atom is 0.260 e. The van der Waals surface area contributed by atoms with Crippen molar-refractivity contribution in [1.29, 1.82) is 0 Å². The van der Waals surface area contributed by atoms with E-state index in [9.17, 15) is 4.79 Å². The minimum Gasteiger partial charge on any atom is -0.481 e. The molecule has 19 heavy (non-hydrogen) atoms. The fraction of sp³-hybridized carbons (Fsp3) is 0.214. The van der Waals surface area contributed by atoms with E-state index in [-0.39, 0.29) is 5.91 Å². The van der Waals surface area contributed by atoms with Crippen molar-refractivity contribution in [3.8, 4) is 5.88 Å². The maximum atomic E-state index is 12.4. The van der Waals surface area contributed by atoms with Gasteiger partial charge in [-0.3, -0.25) is 9.78 Å². The highest BCUT2D eigenvalue weighted by atomic mass is 16.5. The Morgan fingerprint density at radius 2 is 2.21 bits per heavy atom. The molecule has 2 aromatic heterocycles. The lowest BCUT2D eigenvalue weighted by Crippen LogP contribution is -2.38.